The van der Waals surface area contributed by atoms with Crippen molar-refractivity contribution in [3.05, 3.63) is 82.5 Å². The van der Waals surface area contributed by atoms with E-state index in [1.165, 1.54) is 30.3 Å². The van der Waals surface area contributed by atoms with Crippen LogP contribution >= 0.6 is 0 Å². The van der Waals surface area contributed by atoms with Crippen molar-refractivity contribution in [1.82, 2.24) is 24.2 Å². The lowest BCUT2D eigenvalue weighted by atomic mass is 10.2. The summed E-state index contributed by atoms with van der Waals surface area (Å²) >= 11 is 0. The Kier molecular flexibility index (Phi) is 6.60. The van der Waals surface area contributed by atoms with Crippen LogP contribution in [0.25, 0.3) is 16.7 Å². The standard InChI is InChI=1S/C24H21F3N6O3/c1-15-6-8-17(9-7-15)30-20(34)12-31(2)21(35)13-32-14-28-22-19(23(32)36)11-29-33(22)18-5-3-4-16(10-18)24(25,26)27/h3-11,14H,12-13H2,1-2H3,(H,30,34). The molecule has 1 N–H and O–H groups in total. The molecule has 0 atom stereocenters. The number of aryl methyl sites for hydroxylation is 1. The summed E-state index contributed by atoms with van der Waals surface area (Å²) < 4.78 is 41.4. The number of carbonyl (C=O) groups is 2. The van der Waals surface area contributed by atoms with E-state index in [1.807, 2.05) is 19.1 Å². The van der Waals surface area contributed by atoms with Gasteiger partial charge < -0.3 is 10.2 Å². The van der Waals surface area contributed by atoms with Gasteiger partial charge in [-0.3, -0.25) is 19.0 Å². The number of nitrogens with zero attached hydrogens (tertiary/aromatic N) is 5. The molecule has 2 amide bonds. The number of fused-ring (bicyclic) bond motifs is 1. The third-order valence-corrected chi connectivity index (χ3v) is 5.42. The highest BCUT2D eigenvalue weighted by Gasteiger charge is 2.30. The zero-order valence-corrected chi connectivity index (χ0v) is 19.3. The van der Waals surface area contributed by atoms with E-state index >= 15 is 0 Å². The first-order valence-electron chi connectivity index (χ1n) is 10.7. The van der Waals surface area contributed by atoms with Crippen LogP contribution in [0.2, 0.25) is 0 Å². The SMILES string of the molecule is Cc1ccc(NC(=O)CN(C)C(=O)Cn2cnc3c(cnn3-c3cccc(C(F)(F)F)c3)c2=O)cc1. The van der Waals surface area contributed by atoms with Crippen molar-refractivity contribution in [3.63, 3.8) is 0 Å². The molecule has 2 aromatic heterocycles. The molecule has 0 unspecified atom stereocenters. The van der Waals surface area contributed by atoms with Crippen LogP contribution < -0.4 is 10.9 Å². The lowest BCUT2D eigenvalue weighted by molar-refractivity contribution is -0.137. The Balaban J connectivity index is 1.48. The maximum atomic E-state index is 13.1. The van der Waals surface area contributed by atoms with E-state index in [9.17, 15) is 27.6 Å². The molecule has 4 aromatic rings. The van der Waals surface area contributed by atoms with Crippen LogP contribution in [0.5, 0.6) is 0 Å². The highest BCUT2D eigenvalue weighted by molar-refractivity contribution is 5.94. The Morgan fingerprint density at radius 1 is 1.11 bits per heavy atom. The highest BCUT2D eigenvalue weighted by Crippen LogP contribution is 2.30. The summed E-state index contributed by atoms with van der Waals surface area (Å²) in [5.74, 6) is -0.916. The number of benzene rings is 2. The van der Waals surface area contributed by atoms with Crippen LogP contribution in [0.3, 0.4) is 0 Å². The Morgan fingerprint density at radius 2 is 1.83 bits per heavy atom. The highest BCUT2D eigenvalue weighted by atomic mass is 19.4. The van der Waals surface area contributed by atoms with E-state index in [0.717, 1.165) is 33.3 Å². The van der Waals surface area contributed by atoms with Gasteiger partial charge in [-0.25, -0.2) is 9.67 Å². The van der Waals surface area contributed by atoms with Gasteiger partial charge in [-0.2, -0.15) is 18.3 Å². The van der Waals surface area contributed by atoms with Crippen LogP contribution in [0.1, 0.15) is 11.1 Å². The molecule has 0 saturated carbocycles. The Morgan fingerprint density at radius 3 is 2.53 bits per heavy atom. The van der Waals surface area contributed by atoms with Gasteiger partial charge in [0.1, 0.15) is 18.3 Å². The number of likely N-dealkylation sites (N-methyl/N-ethyl adjacent to an activating group) is 1. The minimum Gasteiger partial charge on any atom is -0.335 e. The van der Waals surface area contributed by atoms with E-state index in [1.54, 1.807) is 12.1 Å². The fraction of sp³-hybridized carbons (Fsp3) is 0.208. The Labute approximate surface area is 202 Å². The molecule has 9 nitrogen and oxygen atoms in total. The normalized spacial score (nSPS) is 11.5. The van der Waals surface area contributed by atoms with Crippen LogP contribution in [-0.2, 0) is 22.3 Å². The predicted molar refractivity (Wildman–Crippen MR) is 126 cm³/mol. The number of alkyl halides is 3. The Hall–Kier alpha value is -4.48. The van der Waals surface area contributed by atoms with Gasteiger partial charge in [0.25, 0.3) is 5.56 Å². The van der Waals surface area contributed by atoms with Crippen molar-refractivity contribution < 1.29 is 22.8 Å². The number of anilines is 1. The van der Waals surface area contributed by atoms with Crippen LogP contribution in [0, 0.1) is 6.92 Å². The number of aromatic nitrogens is 4. The number of halogens is 3. The minimum atomic E-state index is -4.54. The smallest absolute Gasteiger partial charge is 0.335 e. The topological polar surface area (TPSA) is 102 Å². The monoisotopic (exact) mass is 498 g/mol. The van der Waals surface area contributed by atoms with Gasteiger partial charge in [0.05, 0.1) is 24.0 Å². The van der Waals surface area contributed by atoms with Gasteiger partial charge in [0.15, 0.2) is 5.65 Å². The maximum Gasteiger partial charge on any atom is 0.416 e. The van der Waals surface area contributed by atoms with Gasteiger partial charge in [-0.05, 0) is 37.3 Å². The number of hydrogen-bond acceptors (Lipinski definition) is 5. The summed E-state index contributed by atoms with van der Waals surface area (Å²) in [5, 5.41) is 6.74. The van der Waals surface area contributed by atoms with E-state index < -0.39 is 29.1 Å². The third kappa shape index (κ3) is 5.27. The van der Waals surface area contributed by atoms with Crippen molar-refractivity contribution in [3.8, 4) is 5.69 Å². The largest absolute Gasteiger partial charge is 0.416 e. The first-order valence-corrected chi connectivity index (χ1v) is 10.7. The molecule has 36 heavy (non-hydrogen) atoms. The van der Waals surface area contributed by atoms with Gasteiger partial charge in [0.2, 0.25) is 11.8 Å². The minimum absolute atomic E-state index is 0.0301. The van der Waals surface area contributed by atoms with E-state index in [0.29, 0.717) is 5.69 Å². The molecule has 0 radical (unpaired) electrons. The molecule has 0 saturated heterocycles. The molecule has 2 aromatic carbocycles. The van der Waals surface area contributed by atoms with Gasteiger partial charge in [0, 0.05) is 12.7 Å². The van der Waals surface area contributed by atoms with Crippen molar-refractivity contribution in [1.29, 1.82) is 0 Å². The second kappa shape index (κ2) is 9.64. The lowest BCUT2D eigenvalue weighted by Crippen LogP contribution is -2.38. The summed E-state index contributed by atoms with van der Waals surface area (Å²) in [7, 11) is 1.43. The molecule has 4 rings (SSSR count). The zero-order chi connectivity index (χ0) is 26.0. The molecule has 0 fully saturated rings. The molecule has 0 bridgehead atoms. The zero-order valence-electron chi connectivity index (χ0n) is 19.3. The number of carbonyl (C=O) groups excluding carboxylic acids is 2. The molecule has 0 aliphatic heterocycles. The number of rotatable bonds is 6. The quantitative estimate of drug-likeness (QED) is 0.440. The fourth-order valence-corrected chi connectivity index (χ4v) is 3.47. The number of nitrogens with one attached hydrogen (secondary N) is 1. The van der Waals surface area contributed by atoms with E-state index in [4.69, 9.17) is 0 Å². The molecule has 186 valence electrons. The molecule has 2 heterocycles. The van der Waals surface area contributed by atoms with Gasteiger partial charge >= 0.3 is 6.18 Å². The number of hydrogen-bond donors (Lipinski definition) is 1. The van der Waals surface area contributed by atoms with Crippen molar-refractivity contribution in [2.45, 2.75) is 19.6 Å². The first kappa shape index (κ1) is 24.6. The molecule has 12 heteroatoms. The molecular formula is C24H21F3N6O3. The summed E-state index contributed by atoms with van der Waals surface area (Å²) in [6.07, 6.45) is -2.23. The third-order valence-electron chi connectivity index (χ3n) is 5.42. The van der Waals surface area contributed by atoms with Gasteiger partial charge in [-0.1, -0.05) is 23.8 Å². The lowest BCUT2D eigenvalue weighted by Gasteiger charge is -2.17. The maximum absolute atomic E-state index is 13.1. The van der Waals surface area contributed by atoms with Crippen LogP contribution in [-0.4, -0.2) is 49.6 Å². The van der Waals surface area contributed by atoms with Crippen molar-refractivity contribution >= 4 is 28.5 Å². The fourth-order valence-electron chi connectivity index (χ4n) is 3.47. The first-order chi connectivity index (χ1) is 17.0. The predicted octanol–water partition coefficient (Wildman–Crippen LogP) is 3.01. The van der Waals surface area contributed by atoms with Crippen molar-refractivity contribution in [2.24, 2.45) is 0 Å². The average Bonchev–Trinajstić information content (AvgIpc) is 3.27. The summed E-state index contributed by atoms with van der Waals surface area (Å²) in [6.45, 7) is 1.30. The molecule has 0 spiro atoms. The average molecular weight is 498 g/mol. The molecule has 0 aliphatic carbocycles. The summed E-state index contributed by atoms with van der Waals surface area (Å²) in [5.41, 5.74) is 0.307. The summed E-state index contributed by atoms with van der Waals surface area (Å²) in [4.78, 5) is 43.1. The molecule has 0 aliphatic rings. The molecular weight excluding hydrogens is 477 g/mol. The van der Waals surface area contributed by atoms with Crippen LogP contribution in [0.15, 0.2) is 65.8 Å². The second-order valence-corrected chi connectivity index (χ2v) is 8.18. The van der Waals surface area contributed by atoms with E-state index in [-0.39, 0.29) is 29.8 Å². The van der Waals surface area contributed by atoms with Gasteiger partial charge in [-0.15, -0.1) is 0 Å². The van der Waals surface area contributed by atoms with Crippen molar-refractivity contribution in [2.75, 3.05) is 18.9 Å². The summed E-state index contributed by atoms with van der Waals surface area (Å²) in [6, 6.07) is 11.7. The Bertz CT molecular complexity index is 1490. The second-order valence-electron chi connectivity index (χ2n) is 8.18. The van der Waals surface area contributed by atoms with Crippen LogP contribution in [0.4, 0.5) is 18.9 Å². The van der Waals surface area contributed by atoms with E-state index in [2.05, 4.69) is 15.4 Å². The number of amides is 2.